The summed E-state index contributed by atoms with van der Waals surface area (Å²) in [5.74, 6) is 0.894. The monoisotopic (exact) mass is 195 g/mol. The third-order valence-electron chi connectivity index (χ3n) is 1.52. The molecule has 1 amide bonds. The van der Waals surface area contributed by atoms with E-state index in [4.69, 9.17) is 15.2 Å². The summed E-state index contributed by atoms with van der Waals surface area (Å²) in [6.45, 7) is 2.44. The Kier molecular flexibility index (Phi) is 3.79. The van der Waals surface area contributed by atoms with Gasteiger partial charge in [-0.2, -0.15) is 0 Å². The van der Waals surface area contributed by atoms with Crippen LogP contribution in [0, 0.1) is 0 Å². The molecule has 1 aromatic rings. The van der Waals surface area contributed by atoms with Crippen LogP contribution in [0.5, 0.6) is 11.5 Å². The van der Waals surface area contributed by atoms with Crippen molar-refractivity contribution in [1.29, 1.82) is 0 Å². The molecule has 0 heterocycles. The van der Waals surface area contributed by atoms with Crippen molar-refractivity contribution < 1.29 is 14.3 Å². The van der Waals surface area contributed by atoms with Crippen molar-refractivity contribution in [3.8, 4) is 11.5 Å². The van der Waals surface area contributed by atoms with E-state index in [9.17, 15) is 4.79 Å². The molecule has 0 atom stereocenters. The number of primary amides is 1. The summed E-state index contributed by atoms with van der Waals surface area (Å²) in [6.07, 6.45) is 0. The van der Waals surface area contributed by atoms with Gasteiger partial charge in [0.15, 0.2) is 6.61 Å². The molecule has 1 rings (SSSR count). The SMILES string of the molecule is CCOc1ccc(OCC(N)=O)cc1. The van der Waals surface area contributed by atoms with Gasteiger partial charge in [0.05, 0.1) is 6.61 Å². The lowest BCUT2D eigenvalue weighted by atomic mass is 10.3. The van der Waals surface area contributed by atoms with E-state index >= 15 is 0 Å². The van der Waals surface area contributed by atoms with Gasteiger partial charge in [-0.25, -0.2) is 0 Å². The molecule has 0 aliphatic carbocycles. The quantitative estimate of drug-likeness (QED) is 0.760. The molecular weight excluding hydrogens is 182 g/mol. The van der Waals surface area contributed by atoms with Crippen LogP contribution in [0.15, 0.2) is 24.3 Å². The number of hydrogen-bond acceptors (Lipinski definition) is 3. The first-order valence-electron chi connectivity index (χ1n) is 4.36. The second-order valence-corrected chi connectivity index (χ2v) is 2.66. The highest BCUT2D eigenvalue weighted by atomic mass is 16.5. The molecule has 0 fully saturated rings. The van der Waals surface area contributed by atoms with E-state index in [1.807, 2.05) is 6.92 Å². The topological polar surface area (TPSA) is 61.6 Å². The number of ether oxygens (including phenoxy) is 2. The maximum atomic E-state index is 10.4. The molecule has 14 heavy (non-hydrogen) atoms. The third-order valence-corrected chi connectivity index (χ3v) is 1.52. The maximum Gasteiger partial charge on any atom is 0.255 e. The summed E-state index contributed by atoms with van der Waals surface area (Å²) in [4.78, 5) is 10.4. The zero-order valence-corrected chi connectivity index (χ0v) is 8.03. The van der Waals surface area contributed by atoms with Crippen LogP contribution in [-0.4, -0.2) is 19.1 Å². The minimum atomic E-state index is -0.487. The molecule has 4 nitrogen and oxygen atoms in total. The van der Waals surface area contributed by atoms with Crippen molar-refractivity contribution in [3.63, 3.8) is 0 Å². The van der Waals surface area contributed by atoms with Gasteiger partial charge in [0.1, 0.15) is 11.5 Å². The Morgan fingerprint density at radius 1 is 1.21 bits per heavy atom. The Hall–Kier alpha value is -1.71. The van der Waals surface area contributed by atoms with Crippen molar-refractivity contribution in [3.05, 3.63) is 24.3 Å². The minimum Gasteiger partial charge on any atom is -0.494 e. The number of benzene rings is 1. The number of carbonyl (C=O) groups is 1. The standard InChI is InChI=1S/C10H13NO3/c1-2-13-8-3-5-9(6-4-8)14-7-10(11)12/h3-6H,2,7H2,1H3,(H2,11,12). The lowest BCUT2D eigenvalue weighted by Gasteiger charge is -2.05. The number of amides is 1. The molecule has 4 heteroatoms. The van der Waals surface area contributed by atoms with Gasteiger partial charge in [0, 0.05) is 0 Å². The Morgan fingerprint density at radius 2 is 1.71 bits per heavy atom. The van der Waals surface area contributed by atoms with Crippen molar-refractivity contribution in [1.82, 2.24) is 0 Å². The first-order chi connectivity index (χ1) is 6.72. The van der Waals surface area contributed by atoms with Crippen molar-refractivity contribution in [2.45, 2.75) is 6.92 Å². The van der Waals surface area contributed by atoms with Crippen LogP contribution in [0.1, 0.15) is 6.92 Å². The highest BCUT2D eigenvalue weighted by molar-refractivity contribution is 5.75. The van der Waals surface area contributed by atoms with E-state index < -0.39 is 5.91 Å². The minimum absolute atomic E-state index is 0.103. The summed E-state index contributed by atoms with van der Waals surface area (Å²) in [6, 6.07) is 7.02. The van der Waals surface area contributed by atoms with E-state index in [1.54, 1.807) is 24.3 Å². The van der Waals surface area contributed by atoms with Gasteiger partial charge in [-0.3, -0.25) is 4.79 Å². The zero-order valence-electron chi connectivity index (χ0n) is 8.03. The van der Waals surface area contributed by atoms with E-state index in [-0.39, 0.29) is 6.61 Å². The zero-order chi connectivity index (χ0) is 10.4. The van der Waals surface area contributed by atoms with Crippen LogP contribution in [0.3, 0.4) is 0 Å². The van der Waals surface area contributed by atoms with Crippen LogP contribution in [-0.2, 0) is 4.79 Å². The van der Waals surface area contributed by atoms with Crippen LogP contribution in [0.2, 0.25) is 0 Å². The molecule has 0 aliphatic heterocycles. The second-order valence-electron chi connectivity index (χ2n) is 2.66. The van der Waals surface area contributed by atoms with Crippen LogP contribution in [0.25, 0.3) is 0 Å². The van der Waals surface area contributed by atoms with Gasteiger partial charge in [-0.15, -0.1) is 0 Å². The van der Waals surface area contributed by atoms with Crippen molar-refractivity contribution >= 4 is 5.91 Å². The van der Waals surface area contributed by atoms with Gasteiger partial charge in [-0.05, 0) is 31.2 Å². The maximum absolute atomic E-state index is 10.4. The number of carbonyl (C=O) groups excluding carboxylic acids is 1. The molecule has 0 radical (unpaired) electrons. The van der Waals surface area contributed by atoms with Crippen LogP contribution >= 0.6 is 0 Å². The molecule has 0 saturated heterocycles. The Morgan fingerprint density at radius 3 is 2.14 bits per heavy atom. The number of rotatable bonds is 5. The molecule has 0 aliphatic rings. The van der Waals surface area contributed by atoms with E-state index in [0.29, 0.717) is 12.4 Å². The second kappa shape index (κ2) is 5.11. The number of nitrogens with two attached hydrogens (primary N) is 1. The fraction of sp³-hybridized carbons (Fsp3) is 0.300. The highest BCUT2D eigenvalue weighted by Gasteiger charge is 1.97. The molecule has 0 saturated carbocycles. The summed E-state index contributed by atoms with van der Waals surface area (Å²) in [7, 11) is 0. The van der Waals surface area contributed by atoms with Crippen LogP contribution < -0.4 is 15.2 Å². The Labute approximate surface area is 82.6 Å². The van der Waals surface area contributed by atoms with Gasteiger partial charge < -0.3 is 15.2 Å². The molecule has 0 bridgehead atoms. The predicted octanol–water partition coefficient (Wildman–Crippen LogP) is 0.949. The number of hydrogen-bond donors (Lipinski definition) is 1. The Balaban J connectivity index is 2.50. The summed E-state index contributed by atoms with van der Waals surface area (Å²) in [5, 5.41) is 0. The van der Waals surface area contributed by atoms with E-state index in [2.05, 4.69) is 0 Å². The fourth-order valence-corrected chi connectivity index (χ4v) is 0.953. The summed E-state index contributed by atoms with van der Waals surface area (Å²) >= 11 is 0. The first-order valence-corrected chi connectivity index (χ1v) is 4.36. The van der Waals surface area contributed by atoms with Gasteiger partial charge in [0.25, 0.3) is 5.91 Å². The van der Waals surface area contributed by atoms with E-state index in [1.165, 1.54) is 0 Å². The molecule has 2 N–H and O–H groups in total. The molecule has 0 spiro atoms. The third kappa shape index (κ3) is 3.35. The van der Waals surface area contributed by atoms with E-state index in [0.717, 1.165) is 5.75 Å². The van der Waals surface area contributed by atoms with Crippen LogP contribution in [0.4, 0.5) is 0 Å². The summed E-state index contributed by atoms with van der Waals surface area (Å²) < 4.78 is 10.3. The van der Waals surface area contributed by atoms with Crippen molar-refractivity contribution in [2.75, 3.05) is 13.2 Å². The predicted molar refractivity (Wildman–Crippen MR) is 52.3 cm³/mol. The van der Waals surface area contributed by atoms with Gasteiger partial charge >= 0.3 is 0 Å². The average Bonchev–Trinajstić information content (AvgIpc) is 2.17. The largest absolute Gasteiger partial charge is 0.494 e. The fourth-order valence-electron chi connectivity index (χ4n) is 0.953. The Bertz CT molecular complexity index is 295. The van der Waals surface area contributed by atoms with Gasteiger partial charge in [0.2, 0.25) is 0 Å². The molecular formula is C10H13NO3. The molecule has 0 aromatic heterocycles. The first kappa shape index (κ1) is 10.4. The average molecular weight is 195 g/mol. The molecule has 76 valence electrons. The normalized spacial score (nSPS) is 9.50. The van der Waals surface area contributed by atoms with Gasteiger partial charge in [-0.1, -0.05) is 0 Å². The molecule has 1 aromatic carbocycles. The highest BCUT2D eigenvalue weighted by Crippen LogP contribution is 2.17. The van der Waals surface area contributed by atoms with Crippen molar-refractivity contribution in [2.24, 2.45) is 5.73 Å². The lowest BCUT2D eigenvalue weighted by molar-refractivity contribution is -0.119. The molecule has 0 unspecified atom stereocenters. The summed E-state index contributed by atoms with van der Waals surface area (Å²) in [5.41, 5.74) is 4.93. The smallest absolute Gasteiger partial charge is 0.255 e. The lowest BCUT2D eigenvalue weighted by Crippen LogP contribution is -2.19.